The van der Waals surface area contributed by atoms with Gasteiger partial charge < -0.3 is 19.5 Å². The summed E-state index contributed by atoms with van der Waals surface area (Å²) in [4.78, 5) is 12.5. The van der Waals surface area contributed by atoms with E-state index in [4.69, 9.17) is 14.2 Å². The Morgan fingerprint density at radius 2 is 1.86 bits per heavy atom. The van der Waals surface area contributed by atoms with Crippen LogP contribution in [0.1, 0.15) is 0 Å². The van der Waals surface area contributed by atoms with Gasteiger partial charge in [-0.05, 0) is 24.3 Å². The molecule has 1 N–H and O–H groups in total. The van der Waals surface area contributed by atoms with E-state index < -0.39 is 22.0 Å². The zero-order valence-corrected chi connectivity index (χ0v) is 16.4. The molecular formula is C19H22N2O6S. The van der Waals surface area contributed by atoms with Crippen molar-refractivity contribution in [3.8, 4) is 17.2 Å². The van der Waals surface area contributed by atoms with Crippen molar-refractivity contribution in [1.29, 1.82) is 0 Å². The minimum atomic E-state index is -3.54. The SMILES string of the molecule is COc1ccccc1OCCNC(=O)C1CN(S(C)(=O)=O)c2ccccc2O1. The third-order valence-electron chi connectivity index (χ3n) is 4.16. The fraction of sp³-hybridized carbons (Fsp3) is 0.316. The third kappa shape index (κ3) is 4.48. The monoisotopic (exact) mass is 406 g/mol. The third-order valence-corrected chi connectivity index (χ3v) is 5.30. The predicted molar refractivity (Wildman–Crippen MR) is 105 cm³/mol. The van der Waals surface area contributed by atoms with Gasteiger partial charge in [0.25, 0.3) is 5.91 Å². The standard InChI is InChI=1S/C19H22N2O6S/c1-25-16-9-5-6-10-17(16)26-12-11-20-19(22)18-13-21(28(2,23)24)14-7-3-4-8-15(14)27-18/h3-10,18H,11-13H2,1-2H3,(H,20,22). The van der Waals surface area contributed by atoms with Crippen LogP contribution in [0.3, 0.4) is 0 Å². The van der Waals surface area contributed by atoms with Crippen LogP contribution >= 0.6 is 0 Å². The minimum absolute atomic E-state index is 0.0882. The first-order valence-corrected chi connectivity index (χ1v) is 10.5. The second kappa shape index (κ2) is 8.39. The molecule has 0 aromatic heterocycles. The molecule has 0 spiro atoms. The van der Waals surface area contributed by atoms with Gasteiger partial charge in [-0.15, -0.1) is 0 Å². The Morgan fingerprint density at radius 1 is 1.18 bits per heavy atom. The lowest BCUT2D eigenvalue weighted by molar-refractivity contribution is -0.127. The van der Waals surface area contributed by atoms with Crippen molar-refractivity contribution in [1.82, 2.24) is 5.32 Å². The number of fused-ring (bicyclic) bond motifs is 1. The van der Waals surface area contributed by atoms with Crippen molar-refractivity contribution in [2.75, 3.05) is 37.4 Å². The van der Waals surface area contributed by atoms with Crippen molar-refractivity contribution in [3.05, 3.63) is 48.5 Å². The van der Waals surface area contributed by atoms with Crippen LogP contribution in [0.15, 0.2) is 48.5 Å². The number of hydrogen-bond acceptors (Lipinski definition) is 6. The number of para-hydroxylation sites is 4. The zero-order chi connectivity index (χ0) is 20.1. The molecule has 0 bridgehead atoms. The number of amides is 1. The van der Waals surface area contributed by atoms with Gasteiger partial charge >= 0.3 is 0 Å². The molecule has 0 aliphatic carbocycles. The summed E-state index contributed by atoms with van der Waals surface area (Å²) in [5.41, 5.74) is 0.425. The number of sulfonamides is 1. The Bertz CT molecular complexity index is 947. The van der Waals surface area contributed by atoms with E-state index in [1.54, 1.807) is 43.5 Å². The summed E-state index contributed by atoms with van der Waals surface area (Å²) in [6.45, 7) is 0.373. The van der Waals surface area contributed by atoms with Gasteiger partial charge in [0.15, 0.2) is 17.6 Å². The lowest BCUT2D eigenvalue weighted by Gasteiger charge is -2.33. The fourth-order valence-electron chi connectivity index (χ4n) is 2.84. The van der Waals surface area contributed by atoms with Crippen molar-refractivity contribution in [3.63, 3.8) is 0 Å². The van der Waals surface area contributed by atoms with E-state index in [0.29, 0.717) is 22.9 Å². The smallest absolute Gasteiger partial charge is 0.263 e. The van der Waals surface area contributed by atoms with Gasteiger partial charge in [-0.3, -0.25) is 9.10 Å². The number of rotatable bonds is 7. The summed E-state index contributed by atoms with van der Waals surface area (Å²) in [6, 6.07) is 13.9. The van der Waals surface area contributed by atoms with Gasteiger partial charge in [0.2, 0.25) is 10.0 Å². The molecule has 1 aliphatic heterocycles. The highest BCUT2D eigenvalue weighted by Crippen LogP contribution is 2.34. The molecule has 1 amide bonds. The summed E-state index contributed by atoms with van der Waals surface area (Å²) >= 11 is 0. The van der Waals surface area contributed by atoms with Crippen molar-refractivity contribution >= 4 is 21.6 Å². The lowest BCUT2D eigenvalue weighted by atomic mass is 10.2. The van der Waals surface area contributed by atoms with Crippen LogP contribution < -0.4 is 23.8 Å². The number of benzene rings is 2. The maximum absolute atomic E-state index is 12.5. The highest BCUT2D eigenvalue weighted by Gasteiger charge is 2.34. The number of nitrogens with zero attached hydrogens (tertiary/aromatic N) is 1. The number of methoxy groups -OCH3 is 1. The Balaban J connectivity index is 1.59. The number of carbonyl (C=O) groups excluding carboxylic acids is 1. The van der Waals surface area contributed by atoms with Crippen LogP contribution in [0.2, 0.25) is 0 Å². The molecule has 28 heavy (non-hydrogen) atoms. The van der Waals surface area contributed by atoms with Gasteiger partial charge in [0.05, 0.1) is 32.1 Å². The zero-order valence-electron chi connectivity index (χ0n) is 15.6. The molecule has 1 heterocycles. The van der Waals surface area contributed by atoms with Crippen LogP contribution in [-0.4, -0.2) is 53.5 Å². The van der Waals surface area contributed by atoms with Crippen molar-refractivity contribution in [2.45, 2.75) is 6.10 Å². The Kier molecular flexibility index (Phi) is 5.93. The van der Waals surface area contributed by atoms with Gasteiger partial charge in [0, 0.05) is 0 Å². The number of ether oxygens (including phenoxy) is 3. The molecule has 8 nitrogen and oxygen atoms in total. The molecular weight excluding hydrogens is 384 g/mol. The van der Waals surface area contributed by atoms with Crippen LogP contribution in [0.25, 0.3) is 0 Å². The molecule has 1 unspecified atom stereocenters. The molecule has 3 rings (SSSR count). The van der Waals surface area contributed by atoms with E-state index in [9.17, 15) is 13.2 Å². The van der Waals surface area contributed by atoms with Gasteiger partial charge in [-0.1, -0.05) is 24.3 Å². The first-order chi connectivity index (χ1) is 13.4. The molecule has 2 aromatic carbocycles. The molecule has 2 aromatic rings. The molecule has 0 saturated carbocycles. The van der Waals surface area contributed by atoms with E-state index in [1.807, 2.05) is 12.1 Å². The van der Waals surface area contributed by atoms with Gasteiger partial charge in [-0.2, -0.15) is 0 Å². The van der Waals surface area contributed by atoms with Crippen LogP contribution in [0.4, 0.5) is 5.69 Å². The quantitative estimate of drug-likeness (QED) is 0.699. The molecule has 150 valence electrons. The minimum Gasteiger partial charge on any atom is -0.493 e. The van der Waals surface area contributed by atoms with Crippen molar-refractivity contribution in [2.24, 2.45) is 0 Å². The van der Waals surface area contributed by atoms with Crippen LogP contribution in [0, 0.1) is 0 Å². The summed E-state index contributed by atoms with van der Waals surface area (Å²) in [5.74, 6) is 1.12. The average molecular weight is 406 g/mol. The Morgan fingerprint density at radius 3 is 2.57 bits per heavy atom. The molecule has 9 heteroatoms. The Labute approximate surface area is 164 Å². The van der Waals surface area contributed by atoms with Crippen LogP contribution in [0.5, 0.6) is 17.2 Å². The largest absolute Gasteiger partial charge is 0.493 e. The van der Waals surface area contributed by atoms with E-state index in [-0.39, 0.29) is 19.7 Å². The molecule has 0 fully saturated rings. The second-order valence-electron chi connectivity index (χ2n) is 6.16. The number of anilines is 1. The fourth-order valence-corrected chi connectivity index (χ4v) is 3.75. The first-order valence-electron chi connectivity index (χ1n) is 8.67. The van der Waals surface area contributed by atoms with E-state index in [1.165, 1.54) is 4.31 Å². The highest BCUT2D eigenvalue weighted by atomic mass is 32.2. The maximum atomic E-state index is 12.5. The average Bonchev–Trinajstić information content (AvgIpc) is 2.69. The first kappa shape index (κ1) is 19.8. The molecule has 0 saturated heterocycles. The number of nitrogens with one attached hydrogen (secondary N) is 1. The molecule has 1 atom stereocenters. The summed E-state index contributed by atoms with van der Waals surface area (Å²) in [5, 5.41) is 2.71. The Hall–Kier alpha value is -2.94. The van der Waals surface area contributed by atoms with E-state index in [2.05, 4.69) is 5.32 Å². The summed E-state index contributed by atoms with van der Waals surface area (Å²) in [7, 11) is -1.99. The van der Waals surface area contributed by atoms with Gasteiger partial charge in [0.1, 0.15) is 12.4 Å². The normalized spacial score (nSPS) is 15.9. The summed E-state index contributed by atoms with van der Waals surface area (Å²) < 4.78 is 41.9. The topological polar surface area (TPSA) is 94.2 Å². The van der Waals surface area contributed by atoms with Gasteiger partial charge in [-0.25, -0.2) is 8.42 Å². The van der Waals surface area contributed by atoms with Crippen LogP contribution in [-0.2, 0) is 14.8 Å². The summed E-state index contributed by atoms with van der Waals surface area (Å²) in [6.07, 6.45) is 0.154. The van der Waals surface area contributed by atoms with Crippen molar-refractivity contribution < 1.29 is 27.4 Å². The molecule has 0 radical (unpaired) electrons. The molecule has 1 aliphatic rings. The highest BCUT2D eigenvalue weighted by molar-refractivity contribution is 7.92. The maximum Gasteiger partial charge on any atom is 0.263 e. The van der Waals surface area contributed by atoms with E-state index in [0.717, 1.165) is 6.26 Å². The lowest BCUT2D eigenvalue weighted by Crippen LogP contribution is -2.51. The number of hydrogen-bond donors (Lipinski definition) is 1. The predicted octanol–water partition coefficient (Wildman–Crippen LogP) is 1.42. The number of carbonyl (C=O) groups is 1. The van der Waals surface area contributed by atoms with E-state index >= 15 is 0 Å². The second-order valence-corrected chi connectivity index (χ2v) is 8.07.